The Labute approximate surface area is 172 Å². The van der Waals surface area contributed by atoms with E-state index < -0.39 is 0 Å². The van der Waals surface area contributed by atoms with Crippen molar-refractivity contribution >= 4 is 23.1 Å². The van der Waals surface area contributed by atoms with E-state index in [1.807, 2.05) is 18.2 Å². The molecular formula is C23H28N6. The molecule has 0 aliphatic carbocycles. The second kappa shape index (κ2) is 8.47. The number of anilines is 4. The minimum atomic E-state index is 0.706. The third-order valence-corrected chi connectivity index (χ3v) is 5.67. The lowest BCUT2D eigenvalue weighted by molar-refractivity contribution is 0.633. The molecule has 150 valence electrons. The molecule has 0 amide bonds. The Bertz CT molecular complexity index is 951. The molecule has 1 saturated heterocycles. The molecule has 0 saturated carbocycles. The summed E-state index contributed by atoms with van der Waals surface area (Å²) in [6, 6.07) is 16.8. The molecule has 1 fully saturated rings. The Kier molecular flexibility index (Phi) is 5.60. The van der Waals surface area contributed by atoms with Gasteiger partial charge in [-0.1, -0.05) is 30.3 Å². The van der Waals surface area contributed by atoms with Gasteiger partial charge in [0.2, 0.25) is 5.95 Å². The first-order valence-corrected chi connectivity index (χ1v) is 10.3. The number of para-hydroxylation sites is 1. The first-order valence-electron chi connectivity index (χ1n) is 10.3. The molecule has 4 rings (SSSR count). The third kappa shape index (κ3) is 4.01. The van der Waals surface area contributed by atoms with Gasteiger partial charge in [-0.3, -0.25) is 0 Å². The first-order chi connectivity index (χ1) is 14.2. The first kappa shape index (κ1) is 19.2. The van der Waals surface area contributed by atoms with Crippen LogP contribution in [0.3, 0.4) is 0 Å². The number of rotatable bonds is 5. The Hall–Kier alpha value is -3.15. The van der Waals surface area contributed by atoms with Crippen LogP contribution in [0.15, 0.2) is 54.7 Å². The topological polar surface area (TPSA) is 48.4 Å². The van der Waals surface area contributed by atoms with Gasteiger partial charge in [0.05, 0.1) is 6.20 Å². The molecule has 1 aromatic heterocycles. The monoisotopic (exact) mass is 388 g/mol. The van der Waals surface area contributed by atoms with Gasteiger partial charge in [0.1, 0.15) is 0 Å². The van der Waals surface area contributed by atoms with Crippen molar-refractivity contribution in [2.45, 2.75) is 20.8 Å². The van der Waals surface area contributed by atoms with Crippen LogP contribution in [0.5, 0.6) is 0 Å². The second-order valence-corrected chi connectivity index (χ2v) is 7.39. The predicted octanol–water partition coefficient (Wildman–Crippen LogP) is 3.97. The van der Waals surface area contributed by atoms with E-state index in [0.29, 0.717) is 5.95 Å². The maximum Gasteiger partial charge on any atom is 0.247 e. The zero-order chi connectivity index (χ0) is 20.2. The van der Waals surface area contributed by atoms with E-state index in [1.54, 1.807) is 6.20 Å². The summed E-state index contributed by atoms with van der Waals surface area (Å²) in [5, 5.41) is 8.57. The van der Waals surface area contributed by atoms with E-state index in [-0.39, 0.29) is 0 Å². The van der Waals surface area contributed by atoms with Crippen LogP contribution >= 0.6 is 0 Å². The Morgan fingerprint density at radius 2 is 1.62 bits per heavy atom. The van der Waals surface area contributed by atoms with Crippen LogP contribution in [-0.4, -0.2) is 47.9 Å². The maximum atomic E-state index is 4.83. The van der Waals surface area contributed by atoms with E-state index in [2.05, 4.69) is 76.0 Å². The van der Waals surface area contributed by atoms with Crippen molar-refractivity contribution in [3.05, 3.63) is 65.9 Å². The Balaban J connectivity index is 1.49. The molecule has 3 aromatic rings. The van der Waals surface area contributed by atoms with E-state index in [1.165, 1.54) is 16.8 Å². The summed E-state index contributed by atoms with van der Waals surface area (Å²) in [5.74, 6) is 1.54. The van der Waals surface area contributed by atoms with Gasteiger partial charge in [-0.05, 0) is 50.1 Å². The average Bonchev–Trinajstić information content (AvgIpc) is 2.77. The van der Waals surface area contributed by atoms with Gasteiger partial charge in [0.25, 0.3) is 0 Å². The van der Waals surface area contributed by atoms with Gasteiger partial charge >= 0.3 is 0 Å². The highest BCUT2D eigenvalue weighted by Gasteiger charge is 2.22. The minimum absolute atomic E-state index is 0.706. The van der Waals surface area contributed by atoms with Gasteiger partial charge in [-0.15, -0.1) is 5.10 Å². The van der Waals surface area contributed by atoms with E-state index in [9.17, 15) is 0 Å². The fourth-order valence-corrected chi connectivity index (χ4v) is 3.86. The lowest BCUT2D eigenvalue weighted by atomic mass is 10.1. The summed E-state index contributed by atoms with van der Waals surface area (Å²) in [5.41, 5.74) is 5.15. The molecule has 1 aliphatic rings. The number of benzene rings is 2. The average molecular weight is 389 g/mol. The fraction of sp³-hybridized carbons (Fsp3) is 0.348. The number of aromatic nitrogens is 3. The van der Waals surface area contributed by atoms with E-state index in [0.717, 1.165) is 44.2 Å². The second-order valence-electron chi connectivity index (χ2n) is 7.39. The van der Waals surface area contributed by atoms with Crippen molar-refractivity contribution < 1.29 is 0 Å². The molecule has 0 N–H and O–H groups in total. The van der Waals surface area contributed by atoms with Crippen LogP contribution in [0, 0.1) is 13.8 Å². The van der Waals surface area contributed by atoms with Crippen LogP contribution in [0.25, 0.3) is 0 Å². The molecule has 0 atom stereocenters. The van der Waals surface area contributed by atoms with Crippen LogP contribution in [0.4, 0.5) is 23.1 Å². The van der Waals surface area contributed by atoms with Crippen molar-refractivity contribution in [3.63, 3.8) is 0 Å². The highest BCUT2D eigenvalue weighted by molar-refractivity contribution is 5.60. The zero-order valence-corrected chi connectivity index (χ0v) is 17.4. The number of hydrogen-bond acceptors (Lipinski definition) is 6. The Morgan fingerprint density at radius 1 is 0.897 bits per heavy atom. The van der Waals surface area contributed by atoms with E-state index in [4.69, 9.17) is 4.98 Å². The standard InChI is InChI=1S/C23H28N6/c1-4-29(20-10-6-5-7-11-20)22-17-24-26-23(25-22)28-15-13-27(14-16-28)21-12-8-9-18(2)19(21)3/h5-12,17H,4,13-16H2,1-3H3. The van der Waals surface area contributed by atoms with Crippen molar-refractivity contribution in [1.29, 1.82) is 0 Å². The summed E-state index contributed by atoms with van der Waals surface area (Å²) in [7, 11) is 0. The van der Waals surface area contributed by atoms with Crippen LogP contribution in [0.1, 0.15) is 18.1 Å². The van der Waals surface area contributed by atoms with Crippen LogP contribution in [0.2, 0.25) is 0 Å². The SMILES string of the molecule is CCN(c1ccccc1)c1cnnc(N2CCN(c3cccc(C)c3C)CC2)n1. The van der Waals surface area contributed by atoms with Gasteiger partial charge < -0.3 is 14.7 Å². The van der Waals surface area contributed by atoms with Crippen molar-refractivity contribution in [2.75, 3.05) is 47.4 Å². The fourth-order valence-electron chi connectivity index (χ4n) is 3.86. The van der Waals surface area contributed by atoms with Crippen LogP contribution in [-0.2, 0) is 0 Å². The third-order valence-electron chi connectivity index (χ3n) is 5.67. The zero-order valence-electron chi connectivity index (χ0n) is 17.4. The molecule has 6 heteroatoms. The number of piperazine rings is 1. The molecular weight excluding hydrogens is 360 g/mol. The lowest BCUT2D eigenvalue weighted by Crippen LogP contribution is -2.47. The molecule has 0 bridgehead atoms. The Morgan fingerprint density at radius 3 is 2.34 bits per heavy atom. The van der Waals surface area contributed by atoms with E-state index >= 15 is 0 Å². The molecule has 29 heavy (non-hydrogen) atoms. The van der Waals surface area contributed by atoms with Crippen molar-refractivity contribution in [1.82, 2.24) is 15.2 Å². The quantitative estimate of drug-likeness (QED) is 0.659. The summed E-state index contributed by atoms with van der Waals surface area (Å²) in [6.45, 7) is 11.0. The summed E-state index contributed by atoms with van der Waals surface area (Å²) >= 11 is 0. The molecule has 0 unspecified atom stereocenters. The van der Waals surface area contributed by atoms with Crippen molar-refractivity contribution in [3.8, 4) is 0 Å². The number of hydrogen-bond donors (Lipinski definition) is 0. The summed E-state index contributed by atoms with van der Waals surface area (Å²) < 4.78 is 0. The maximum absolute atomic E-state index is 4.83. The van der Waals surface area contributed by atoms with Gasteiger partial charge in [-0.25, -0.2) is 0 Å². The lowest BCUT2D eigenvalue weighted by Gasteiger charge is -2.37. The number of aryl methyl sites for hydroxylation is 1. The van der Waals surface area contributed by atoms with Crippen LogP contribution < -0.4 is 14.7 Å². The highest BCUT2D eigenvalue weighted by atomic mass is 15.4. The van der Waals surface area contributed by atoms with Gasteiger partial charge in [0.15, 0.2) is 5.82 Å². The largest absolute Gasteiger partial charge is 0.368 e. The number of nitrogens with zero attached hydrogens (tertiary/aromatic N) is 6. The van der Waals surface area contributed by atoms with Gasteiger partial charge in [-0.2, -0.15) is 10.1 Å². The molecule has 2 aromatic carbocycles. The predicted molar refractivity (Wildman–Crippen MR) is 119 cm³/mol. The minimum Gasteiger partial charge on any atom is -0.368 e. The molecule has 6 nitrogen and oxygen atoms in total. The summed E-state index contributed by atoms with van der Waals surface area (Å²) in [6.07, 6.45) is 1.74. The smallest absolute Gasteiger partial charge is 0.247 e. The molecule has 0 spiro atoms. The molecule has 2 heterocycles. The molecule has 1 aliphatic heterocycles. The van der Waals surface area contributed by atoms with Gasteiger partial charge in [0, 0.05) is 44.1 Å². The molecule has 0 radical (unpaired) electrons. The van der Waals surface area contributed by atoms with Crippen molar-refractivity contribution in [2.24, 2.45) is 0 Å². The summed E-state index contributed by atoms with van der Waals surface area (Å²) in [4.78, 5) is 11.7. The normalized spacial score (nSPS) is 14.2. The highest BCUT2D eigenvalue weighted by Crippen LogP contribution is 2.26.